The Morgan fingerprint density at radius 3 is 2.62 bits per heavy atom. The number of carbonyl (C=O) groups is 2. The van der Waals surface area contributed by atoms with Crippen LogP contribution in [0.4, 0.5) is 10.5 Å². The van der Waals surface area contributed by atoms with Gasteiger partial charge in [0.1, 0.15) is 12.3 Å². The highest BCUT2D eigenvalue weighted by atomic mass is 32.2. The van der Waals surface area contributed by atoms with Crippen LogP contribution in [0.15, 0.2) is 24.3 Å². The molecule has 9 heteroatoms. The first-order valence-corrected chi connectivity index (χ1v) is 10.5. The number of nitrogens with zero attached hydrogens (tertiary/aromatic N) is 2. The van der Waals surface area contributed by atoms with Crippen molar-refractivity contribution in [3.63, 3.8) is 0 Å². The smallest absolute Gasteiger partial charge is 0.325 e. The van der Waals surface area contributed by atoms with Crippen LogP contribution in [-0.4, -0.2) is 69.0 Å². The fourth-order valence-electron chi connectivity index (χ4n) is 3.21. The van der Waals surface area contributed by atoms with Crippen molar-refractivity contribution in [2.45, 2.75) is 19.4 Å². The number of benzene rings is 1. The maximum Gasteiger partial charge on any atom is 0.325 e. The third kappa shape index (κ3) is 4.27. The highest BCUT2D eigenvalue weighted by Crippen LogP contribution is 2.23. The van der Waals surface area contributed by atoms with Gasteiger partial charge in [-0.3, -0.25) is 9.69 Å². The van der Waals surface area contributed by atoms with E-state index in [1.165, 1.54) is 4.90 Å². The van der Waals surface area contributed by atoms with E-state index in [4.69, 9.17) is 4.74 Å². The van der Waals surface area contributed by atoms with Crippen LogP contribution in [0.1, 0.15) is 13.3 Å². The minimum Gasteiger partial charge on any atom is -0.494 e. The molecule has 2 saturated heterocycles. The van der Waals surface area contributed by atoms with E-state index in [2.05, 4.69) is 5.32 Å². The SMILES string of the molecule is CCOc1ccc(N2CCN(CC(=O)NC3CCS(=O)(=O)C3)C2=O)cc1. The van der Waals surface area contributed by atoms with Crippen molar-refractivity contribution in [1.82, 2.24) is 10.2 Å². The van der Waals surface area contributed by atoms with E-state index in [1.807, 2.05) is 31.2 Å². The molecule has 1 aromatic carbocycles. The summed E-state index contributed by atoms with van der Waals surface area (Å²) in [7, 11) is -3.05. The molecule has 0 bridgehead atoms. The van der Waals surface area contributed by atoms with Gasteiger partial charge in [-0.15, -0.1) is 0 Å². The predicted molar refractivity (Wildman–Crippen MR) is 97.1 cm³/mol. The minimum atomic E-state index is -3.05. The Labute approximate surface area is 153 Å². The molecule has 2 aliphatic rings. The quantitative estimate of drug-likeness (QED) is 0.780. The Balaban J connectivity index is 1.54. The Morgan fingerprint density at radius 1 is 1.27 bits per heavy atom. The van der Waals surface area contributed by atoms with Gasteiger partial charge in [0.2, 0.25) is 5.91 Å². The standard InChI is InChI=1S/C17H23N3O5S/c1-2-25-15-5-3-14(4-6-15)20-9-8-19(17(20)22)11-16(21)18-13-7-10-26(23,24)12-13/h3-6,13H,2,7-12H2,1H3,(H,18,21). The fraction of sp³-hybridized carbons (Fsp3) is 0.529. The number of rotatable bonds is 6. The van der Waals surface area contributed by atoms with E-state index in [0.717, 1.165) is 11.4 Å². The molecule has 0 aromatic heterocycles. The van der Waals surface area contributed by atoms with E-state index in [9.17, 15) is 18.0 Å². The van der Waals surface area contributed by atoms with Crippen molar-refractivity contribution >= 4 is 27.5 Å². The summed E-state index contributed by atoms with van der Waals surface area (Å²) in [4.78, 5) is 27.8. The van der Waals surface area contributed by atoms with E-state index < -0.39 is 9.84 Å². The van der Waals surface area contributed by atoms with Gasteiger partial charge in [-0.1, -0.05) is 0 Å². The Morgan fingerprint density at radius 2 is 2.00 bits per heavy atom. The molecule has 0 spiro atoms. The maximum absolute atomic E-state index is 12.5. The summed E-state index contributed by atoms with van der Waals surface area (Å²) in [6, 6.07) is 6.66. The van der Waals surface area contributed by atoms with E-state index in [0.29, 0.717) is 26.1 Å². The van der Waals surface area contributed by atoms with Crippen LogP contribution in [0, 0.1) is 0 Å². The number of urea groups is 1. The minimum absolute atomic E-state index is 0.0228. The zero-order chi connectivity index (χ0) is 18.7. The molecule has 3 rings (SSSR count). The van der Waals surface area contributed by atoms with Crippen molar-refractivity contribution in [1.29, 1.82) is 0 Å². The molecule has 1 unspecified atom stereocenters. The van der Waals surface area contributed by atoms with Crippen LogP contribution < -0.4 is 15.0 Å². The number of amides is 3. The van der Waals surface area contributed by atoms with Crippen LogP contribution in [0.3, 0.4) is 0 Å². The van der Waals surface area contributed by atoms with Gasteiger partial charge in [0.05, 0.1) is 18.1 Å². The molecule has 2 aliphatic heterocycles. The second-order valence-electron chi connectivity index (χ2n) is 6.45. The van der Waals surface area contributed by atoms with Crippen molar-refractivity contribution < 1.29 is 22.7 Å². The lowest BCUT2D eigenvalue weighted by Gasteiger charge is -2.19. The largest absolute Gasteiger partial charge is 0.494 e. The lowest BCUT2D eigenvalue weighted by Crippen LogP contribution is -2.44. The molecule has 0 radical (unpaired) electrons. The van der Waals surface area contributed by atoms with Crippen LogP contribution in [0.5, 0.6) is 5.75 Å². The molecule has 2 heterocycles. The van der Waals surface area contributed by atoms with Crippen molar-refractivity contribution in [2.75, 3.05) is 42.6 Å². The first-order chi connectivity index (χ1) is 12.4. The fourth-order valence-corrected chi connectivity index (χ4v) is 4.89. The average molecular weight is 381 g/mol. The summed E-state index contributed by atoms with van der Waals surface area (Å²) in [6.45, 7) is 3.36. The van der Waals surface area contributed by atoms with Gasteiger partial charge < -0.3 is 15.0 Å². The second-order valence-corrected chi connectivity index (χ2v) is 8.68. The highest BCUT2D eigenvalue weighted by molar-refractivity contribution is 7.91. The highest BCUT2D eigenvalue weighted by Gasteiger charge is 2.33. The summed E-state index contributed by atoms with van der Waals surface area (Å²) in [5.41, 5.74) is 0.753. The molecule has 2 fully saturated rings. The van der Waals surface area contributed by atoms with Crippen molar-refractivity contribution in [2.24, 2.45) is 0 Å². The number of hydrogen-bond donors (Lipinski definition) is 1. The van der Waals surface area contributed by atoms with Gasteiger partial charge in [-0.05, 0) is 37.6 Å². The molecule has 142 valence electrons. The van der Waals surface area contributed by atoms with Crippen LogP contribution in [0.25, 0.3) is 0 Å². The lowest BCUT2D eigenvalue weighted by molar-refractivity contribution is -0.122. The van der Waals surface area contributed by atoms with Crippen molar-refractivity contribution in [3.8, 4) is 5.75 Å². The van der Waals surface area contributed by atoms with E-state index in [1.54, 1.807) is 4.90 Å². The molecule has 26 heavy (non-hydrogen) atoms. The van der Waals surface area contributed by atoms with Gasteiger partial charge in [-0.25, -0.2) is 13.2 Å². The molecule has 3 amide bonds. The van der Waals surface area contributed by atoms with Crippen LogP contribution in [0.2, 0.25) is 0 Å². The zero-order valence-electron chi connectivity index (χ0n) is 14.7. The summed E-state index contributed by atoms with van der Waals surface area (Å²) in [5, 5.41) is 2.71. The molecule has 0 saturated carbocycles. The lowest BCUT2D eigenvalue weighted by atomic mass is 10.2. The Bertz CT molecular complexity index is 778. The molecule has 1 aromatic rings. The van der Waals surface area contributed by atoms with Crippen LogP contribution >= 0.6 is 0 Å². The van der Waals surface area contributed by atoms with Gasteiger partial charge >= 0.3 is 6.03 Å². The number of hydrogen-bond acceptors (Lipinski definition) is 5. The number of sulfone groups is 1. The first-order valence-electron chi connectivity index (χ1n) is 8.67. The van der Waals surface area contributed by atoms with Gasteiger partial charge in [0.25, 0.3) is 0 Å². The van der Waals surface area contributed by atoms with Gasteiger partial charge in [-0.2, -0.15) is 0 Å². The Kier molecular flexibility index (Phi) is 5.36. The predicted octanol–water partition coefficient (Wildman–Crippen LogP) is 0.631. The molecule has 0 aliphatic carbocycles. The zero-order valence-corrected chi connectivity index (χ0v) is 15.5. The maximum atomic E-state index is 12.5. The topological polar surface area (TPSA) is 96.0 Å². The molecular weight excluding hydrogens is 358 g/mol. The summed E-state index contributed by atoms with van der Waals surface area (Å²) < 4.78 is 28.3. The number of nitrogens with one attached hydrogen (secondary N) is 1. The average Bonchev–Trinajstić information content (AvgIpc) is 3.11. The summed E-state index contributed by atoms with van der Waals surface area (Å²) >= 11 is 0. The summed E-state index contributed by atoms with van der Waals surface area (Å²) in [6.07, 6.45) is 0.431. The van der Waals surface area contributed by atoms with Gasteiger partial charge in [0, 0.05) is 24.8 Å². The Hall–Kier alpha value is -2.29. The second kappa shape index (κ2) is 7.53. The van der Waals surface area contributed by atoms with Gasteiger partial charge in [0.15, 0.2) is 9.84 Å². The monoisotopic (exact) mass is 381 g/mol. The van der Waals surface area contributed by atoms with E-state index >= 15 is 0 Å². The third-order valence-electron chi connectivity index (χ3n) is 4.49. The normalized spacial score (nSPS) is 21.9. The number of ether oxygens (including phenoxy) is 1. The molecule has 1 N–H and O–H groups in total. The first kappa shape index (κ1) is 18.5. The number of anilines is 1. The molecular formula is C17H23N3O5S. The molecule has 1 atom stereocenters. The molecule has 8 nitrogen and oxygen atoms in total. The van der Waals surface area contributed by atoms with Crippen molar-refractivity contribution in [3.05, 3.63) is 24.3 Å². The number of carbonyl (C=O) groups excluding carboxylic acids is 2. The summed E-state index contributed by atoms with van der Waals surface area (Å²) in [5.74, 6) is 0.497. The third-order valence-corrected chi connectivity index (χ3v) is 6.25. The van der Waals surface area contributed by atoms with Crippen LogP contribution in [-0.2, 0) is 14.6 Å². The van der Waals surface area contributed by atoms with E-state index in [-0.39, 0.29) is 36.0 Å².